The maximum atomic E-state index is 12.7. The molecule has 0 aromatic heterocycles. The Bertz CT molecular complexity index is 446. The molecule has 3 heteroatoms. The van der Waals surface area contributed by atoms with Gasteiger partial charge in [-0.25, -0.2) is 0 Å². The van der Waals surface area contributed by atoms with Gasteiger partial charge in [-0.3, -0.25) is 9.69 Å². The molecule has 1 aromatic rings. The molecule has 0 saturated carbocycles. The number of carbonyl (C=O) groups is 1. The van der Waals surface area contributed by atoms with Crippen molar-refractivity contribution < 1.29 is 4.79 Å². The maximum absolute atomic E-state index is 12.7. The van der Waals surface area contributed by atoms with Crippen molar-refractivity contribution in [1.29, 1.82) is 0 Å². The number of likely N-dealkylation sites (N-methyl/N-ethyl adjacent to an activating group) is 1. The summed E-state index contributed by atoms with van der Waals surface area (Å²) in [6.45, 7) is 5.82. The smallest absolute Gasteiger partial charge is 0.240 e. The number of fused-ring (bicyclic) bond motifs is 1. The molecule has 1 atom stereocenters. The number of benzene rings is 1. The minimum Gasteiger partial charge on any atom is -0.337 e. The van der Waals surface area contributed by atoms with Gasteiger partial charge in [0.2, 0.25) is 5.91 Å². The van der Waals surface area contributed by atoms with Crippen LogP contribution >= 0.6 is 0 Å². The average molecular weight is 260 g/mol. The first-order valence-corrected chi connectivity index (χ1v) is 7.02. The summed E-state index contributed by atoms with van der Waals surface area (Å²) in [6, 6.07) is 8.41. The van der Waals surface area contributed by atoms with Crippen molar-refractivity contribution in [1.82, 2.24) is 9.80 Å². The first kappa shape index (κ1) is 14.1. The Hall–Kier alpha value is -1.35. The van der Waals surface area contributed by atoms with Crippen molar-refractivity contribution >= 4 is 5.91 Å². The highest BCUT2D eigenvalue weighted by atomic mass is 16.2. The molecule has 3 nitrogen and oxygen atoms in total. The fourth-order valence-electron chi connectivity index (χ4n) is 2.97. The molecule has 1 amide bonds. The molecule has 0 bridgehead atoms. The Balaban J connectivity index is 2.14. The van der Waals surface area contributed by atoms with Gasteiger partial charge in [0, 0.05) is 13.1 Å². The van der Waals surface area contributed by atoms with Crippen molar-refractivity contribution in [3.05, 3.63) is 35.4 Å². The van der Waals surface area contributed by atoms with Crippen molar-refractivity contribution in [2.45, 2.75) is 32.9 Å². The lowest BCUT2D eigenvalue weighted by Gasteiger charge is -2.35. The third kappa shape index (κ3) is 2.98. The molecule has 0 spiro atoms. The van der Waals surface area contributed by atoms with Gasteiger partial charge in [-0.05, 0) is 37.6 Å². The maximum Gasteiger partial charge on any atom is 0.240 e. The second kappa shape index (κ2) is 5.74. The number of rotatable bonds is 3. The molecule has 2 rings (SSSR count). The predicted molar refractivity (Wildman–Crippen MR) is 77.9 cm³/mol. The topological polar surface area (TPSA) is 23.6 Å². The molecule has 104 valence electrons. The van der Waals surface area contributed by atoms with Gasteiger partial charge in [-0.2, -0.15) is 0 Å². The van der Waals surface area contributed by atoms with Crippen molar-refractivity contribution in [2.75, 3.05) is 20.6 Å². The largest absolute Gasteiger partial charge is 0.337 e. The fraction of sp³-hybridized carbons (Fsp3) is 0.562. The Morgan fingerprint density at radius 2 is 1.84 bits per heavy atom. The third-order valence-electron chi connectivity index (χ3n) is 3.88. The van der Waals surface area contributed by atoms with Crippen LogP contribution in [0.2, 0.25) is 0 Å². The van der Waals surface area contributed by atoms with Crippen molar-refractivity contribution in [3.63, 3.8) is 0 Å². The van der Waals surface area contributed by atoms with Crippen LogP contribution in [0.1, 0.15) is 25.0 Å². The highest BCUT2D eigenvalue weighted by Crippen LogP contribution is 2.21. The number of hydrogen-bond acceptors (Lipinski definition) is 2. The predicted octanol–water partition coefficient (Wildman–Crippen LogP) is 2.16. The van der Waals surface area contributed by atoms with E-state index in [-0.39, 0.29) is 11.9 Å². The second-order valence-corrected chi connectivity index (χ2v) is 5.93. The molecular weight excluding hydrogens is 236 g/mol. The lowest BCUT2D eigenvalue weighted by molar-refractivity contribution is -0.138. The van der Waals surface area contributed by atoms with Gasteiger partial charge in [-0.15, -0.1) is 0 Å². The van der Waals surface area contributed by atoms with Crippen LogP contribution < -0.4 is 0 Å². The molecule has 1 aliphatic rings. The first-order chi connectivity index (χ1) is 9.00. The third-order valence-corrected chi connectivity index (χ3v) is 3.88. The van der Waals surface area contributed by atoms with E-state index in [0.717, 1.165) is 19.5 Å². The van der Waals surface area contributed by atoms with Crippen LogP contribution in [0.5, 0.6) is 0 Å². The van der Waals surface area contributed by atoms with Gasteiger partial charge >= 0.3 is 0 Å². The first-order valence-electron chi connectivity index (χ1n) is 7.02. The van der Waals surface area contributed by atoms with E-state index in [4.69, 9.17) is 0 Å². The molecule has 0 aliphatic carbocycles. The summed E-state index contributed by atoms with van der Waals surface area (Å²) in [6.07, 6.45) is 0.972. The Kier molecular flexibility index (Phi) is 4.25. The fourth-order valence-corrected chi connectivity index (χ4v) is 2.97. The number of nitrogens with zero attached hydrogens (tertiary/aromatic N) is 2. The van der Waals surface area contributed by atoms with E-state index in [1.54, 1.807) is 0 Å². The van der Waals surface area contributed by atoms with E-state index in [9.17, 15) is 4.79 Å². The molecular formula is C16H24N2O. The summed E-state index contributed by atoms with van der Waals surface area (Å²) in [4.78, 5) is 16.7. The van der Waals surface area contributed by atoms with Gasteiger partial charge in [0.25, 0.3) is 0 Å². The zero-order valence-electron chi connectivity index (χ0n) is 12.4. The summed E-state index contributed by atoms with van der Waals surface area (Å²) >= 11 is 0. The van der Waals surface area contributed by atoms with Crippen LogP contribution in [-0.2, 0) is 17.8 Å². The van der Waals surface area contributed by atoms with Crippen LogP contribution in [0.3, 0.4) is 0 Å². The van der Waals surface area contributed by atoms with Gasteiger partial charge in [0.05, 0.1) is 6.04 Å². The summed E-state index contributed by atoms with van der Waals surface area (Å²) < 4.78 is 0. The van der Waals surface area contributed by atoms with Crippen LogP contribution in [0.15, 0.2) is 24.3 Å². The SMILES string of the molecule is CC(C)[C@@H](C(=O)N1CCc2ccccc2C1)N(C)C. The van der Waals surface area contributed by atoms with Gasteiger partial charge in [0.15, 0.2) is 0 Å². The van der Waals surface area contributed by atoms with E-state index in [1.807, 2.05) is 23.9 Å². The molecule has 0 unspecified atom stereocenters. The number of hydrogen-bond donors (Lipinski definition) is 0. The lowest BCUT2D eigenvalue weighted by Crippen LogP contribution is -2.50. The number of carbonyl (C=O) groups excluding carboxylic acids is 1. The Morgan fingerprint density at radius 1 is 1.21 bits per heavy atom. The monoisotopic (exact) mass is 260 g/mol. The highest BCUT2D eigenvalue weighted by Gasteiger charge is 2.30. The van der Waals surface area contributed by atoms with E-state index in [0.29, 0.717) is 5.92 Å². The summed E-state index contributed by atoms with van der Waals surface area (Å²) in [5.74, 6) is 0.592. The van der Waals surface area contributed by atoms with Gasteiger partial charge in [-0.1, -0.05) is 38.1 Å². The quantitative estimate of drug-likeness (QED) is 0.831. The second-order valence-electron chi connectivity index (χ2n) is 5.93. The molecule has 19 heavy (non-hydrogen) atoms. The standard InChI is InChI=1S/C16H24N2O/c1-12(2)15(17(3)4)16(19)18-10-9-13-7-5-6-8-14(13)11-18/h5-8,12,15H,9-11H2,1-4H3/t15-/m0/s1. The minimum absolute atomic E-state index is 0.0229. The zero-order chi connectivity index (χ0) is 14.0. The van der Waals surface area contributed by atoms with Crippen LogP contribution in [0.25, 0.3) is 0 Å². The van der Waals surface area contributed by atoms with Gasteiger partial charge < -0.3 is 4.90 Å². The molecule has 0 radical (unpaired) electrons. The van der Waals surface area contributed by atoms with Crippen LogP contribution in [-0.4, -0.2) is 42.4 Å². The number of amides is 1. The van der Waals surface area contributed by atoms with E-state index in [2.05, 4.69) is 38.1 Å². The highest BCUT2D eigenvalue weighted by molar-refractivity contribution is 5.82. The van der Waals surface area contributed by atoms with Crippen LogP contribution in [0.4, 0.5) is 0 Å². The molecule has 0 N–H and O–H groups in total. The molecule has 1 aromatic carbocycles. The van der Waals surface area contributed by atoms with Gasteiger partial charge in [0.1, 0.15) is 0 Å². The van der Waals surface area contributed by atoms with E-state index < -0.39 is 0 Å². The summed E-state index contributed by atoms with van der Waals surface area (Å²) in [7, 11) is 3.97. The molecule has 0 fully saturated rings. The van der Waals surface area contributed by atoms with Crippen LogP contribution in [0, 0.1) is 5.92 Å². The molecule has 0 saturated heterocycles. The Morgan fingerprint density at radius 3 is 2.42 bits per heavy atom. The molecule has 1 heterocycles. The molecule has 1 aliphatic heterocycles. The van der Waals surface area contributed by atoms with E-state index in [1.165, 1.54) is 11.1 Å². The summed E-state index contributed by atoms with van der Waals surface area (Å²) in [5, 5.41) is 0. The van der Waals surface area contributed by atoms with Crippen molar-refractivity contribution in [3.8, 4) is 0 Å². The Labute approximate surface area is 116 Å². The zero-order valence-corrected chi connectivity index (χ0v) is 12.4. The average Bonchev–Trinajstić information content (AvgIpc) is 2.37. The summed E-state index contributed by atoms with van der Waals surface area (Å²) in [5.41, 5.74) is 2.68. The lowest BCUT2D eigenvalue weighted by atomic mass is 9.97. The van der Waals surface area contributed by atoms with E-state index >= 15 is 0 Å². The minimum atomic E-state index is -0.0229. The van der Waals surface area contributed by atoms with Crippen molar-refractivity contribution in [2.24, 2.45) is 5.92 Å². The normalized spacial score (nSPS) is 16.6.